The van der Waals surface area contributed by atoms with E-state index in [9.17, 15) is 0 Å². The third-order valence-corrected chi connectivity index (χ3v) is 4.00. The van der Waals surface area contributed by atoms with Gasteiger partial charge in [-0.3, -0.25) is 0 Å². The van der Waals surface area contributed by atoms with Crippen molar-refractivity contribution in [3.63, 3.8) is 0 Å². The van der Waals surface area contributed by atoms with Crippen LogP contribution < -0.4 is 5.73 Å². The van der Waals surface area contributed by atoms with Gasteiger partial charge in [-0.1, -0.05) is 37.3 Å². The molecule has 0 unspecified atom stereocenters. The molecule has 20 heavy (non-hydrogen) atoms. The average molecular weight is 269 g/mol. The van der Waals surface area contributed by atoms with Crippen molar-refractivity contribution in [2.75, 3.05) is 5.73 Å². The summed E-state index contributed by atoms with van der Waals surface area (Å²) in [4.78, 5) is 4.84. The quantitative estimate of drug-likeness (QED) is 0.871. The number of aromatic nitrogens is 2. The van der Waals surface area contributed by atoms with Crippen molar-refractivity contribution in [1.82, 2.24) is 9.55 Å². The Morgan fingerprint density at radius 1 is 1.20 bits per heavy atom. The van der Waals surface area contributed by atoms with Crippen molar-refractivity contribution in [3.05, 3.63) is 47.4 Å². The molecule has 2 N–H and O–H groups in total. The predicted molar refractivity (Wildman–Crippen MR) is 82.8 cm³/mol. The van der Waals surface area contributed by atoms with Gasteiger partial charge in [0.1, 0.15) is 11.6 Å². The molecule has 2 aromatic rings. The number of nitrogen functional groups attached to an aromatic ring is 1. The summed E-state index contributed by atoms with van der Waals surface area (Å²) in [6.07, 6.45) is 5.61. The van der Waals surface area contributed by atoms with Crippen molar-refractivity contribution >= 4 is 5.82 Å². The first-order valence-electron chi connectivity index (χ1n) is 7.68. The maximum absolute atomic E-state index is 6.32. The van der Waals surface area contributed by atoms with Gasteiger partial charge in [0, 0.05) is 12.5 Å². The molecule has 0 amide bonds. The Morgan fingerprint density at radius 2 is 1.95 bits per heavy atom. The highest BCUT2D eigenvalue weighted by Gasteiger charge is 2.30. The molecule has 3 heteroatoms. The van der Waals surface area contributed by atoms with E-state index >= 15 is 0 Å². The molecule has 1 heterocycles. The molecule has 1 fully saturated rings. The minimum atomic E-state index is 0.661. The van der Waals surface area contributed by atoms with E-state index in [-0.39, 0.29) is 0 Å². The fourth-order valence-electron chi connectivity index (χ4n) is 2.74. The number of anilines is 1. The third kappa shape index (κ3) is 2.72. The molecule has 0 radical (unpaired) electrons. The Balaban J connectivity index is 1.77. The average Bonchev–Trinajstić information content (AvgIpc) is 3.27. The molecular formula is C17H23N3. The summed E-state index contributed by atoms with van der Waals surface area (Å²) >= 11 is 0. The van der Waals surface area contributed by atoms with Gasteiger partial charge in [0.05, 0.1) is 5.69 Å². The van der Waals surface area contributed by atoms with Gasteiger partial charge in [-0.05, 0) is 37.7 Å². The zero-order valence-electron chi connectivity index (χ0n) is 12.2. The molecule has 1 aliphatic carbocycles. The summed E-state index contributed by atoms with van der Waals surface area (Å²) in [6, 6.07) is 10.6. The molecule has 3 rings (SSSR count). The number of hydrogen-bond acceptors (Lipinski definition) is 2. The van der Waals surface area contributed by atoms with Crippen LogP contribution in [0.4, 0.5) is 5.82 Å². The number of rotatable bonds is 6. The molecule has 106 valence electrons. The lowest BCUT2D eigenvalue weighted by Crippen LogP contribution is -2.06. The second kappa shape index (κ2) is 5.70. The zero-order valence-corrected chi connectivity index (χ0v) is 12.2. The van der Waals surface area contributed by atoms with Gasteiger partial charge in [0.25, 0.3) is 0 Å². The zero-order chi connectivity index (χ0) is 13.9. The fraction of sp³-hybridized carbons (Fsp3) is 0.471. The molecule has 1 aromatic carbocycles. The molecule has 1 aliphatic rings. The SMILES string of the molecule is CCCn1c(C2CC2)nc(CCc2ccccc2)c1N. The molecular weight excluding hydrogens is 246 g/mol. The third-order valence-electron chi connectivity index (χ3n) is 4.00. The van der Waals surface area contributed by atoms with E-state index in [0.29, 0.717) is 5.92 Å². The molecule has 0 spiro atoms. The number of benzene rings is 1. The summed E-state index contributed by atoms with van der Waals surface area (Å²) in [5.41, 5.74) is 8.76. The fourth-order valence-corrected chi connectivity index (χ4v) is 2.74. The highest BCUT2D eigenvalue weighted by atomic mass is 15.1. The largest absolute Gasteiger partial charge is 0.384 e. The summed E-state index contributed by atoms with van der Waals surface area (Å²) in [5, 5.41) is 0. The smallest absolute Gasteiger partial charge is 0.126 e. The monoisotopic (exact) mass is 269 g/mol. The van der Waals surface area contributed by atoms with Crippen LogP contribution in [0.25, 0.3) is 0 Å². The molecule has 1 saturated carbocycles. The van der Waals surface area contributed by atoms with Gasteiger partial charge in [-0.15, -0.1) is 0 Å². The molecule has 1 aromatic heterocycles. The highest BCUT2D eigenvalue weighted by molar-refractivity contribution is 5.40. The molecule has 0 atom stereocenters. The number of nitrogens with zero attached hydrogens (tertiary/aromatic N) is 2. The molecule has 3 nitrogen and oxygen atoms in total. The summed E-state index contributed by atoms with van der Waals surface area (Å²) in [7, 11) is 0. The number of hydrogen-bond donors (Lipinski definition) is 1. The van der Waals surface area contributed by atoms with E-state index in [1.807, 2.05) is 0 Å². The molecule has 0 aliphatic heterocycles. The van der Waals surface area contributed by atoms with Crippen LogP contribution in [-0.2, 0) is 19.4 Å². The van der Waals surface area contributed by atoms with Crippen LogP contribution in [0.5, 0.6) is 0 Å². The Morgan fingerprint density at radius 3 is 2.60 bits per heavy atom. The van der Waals surface area contributed by atoms with Crippen LogP contribution in [0, 0.1) is 0 Å². The second-order valence-corrected chi connectivity index (χ2v) is 5.71. The Kier molecular flexibility index (Phi) is 3.77. The van der Waals surface area contributed by atoms with Crippen LogP contribution in [0.3, 0.4) is 0 Å². The van der Waals surface area contributed by atoms with E-state index in [0.717, 1.165) is 37.3 Å². The minimum absolute atomic E-state index is 0.661. The van der Waals surface area contributed by atoms with Crippen molar-refractivity contribution in [3.8, 4) is 0 Å². The number of aryl methyl sites for hydroxylation is 2. The molecule has 0 bridgehead atoms. The summed E-state index contributed by atoms with van der Waals surface area (Å²) < 4.78 is 2.25. The lowest BCUT2D eigenvalue weighted by Gasteiger charge is -2.07. The summed E-state index contributed by atoms with van der Waals surface area (Å²) in [6.45, 7) is 3.19. The number of nitrogens with two attached hydrogens (primary N) is 1. The summed E-state index contributed by atoms with van der Waals surface area (Å²) in [5.74, 6) is 2.78. The van der Waals surface area contributed by atoms with Gasteiger partial charge in [0.2, 0.25) is 0 Å². The Labute approximate surface area is 120 Å². The number of imidazole rings is 1. The van der Waals surface area contributed by atoms with E-state index in [4.69, 9.17) is 10.7 Å². The van der Waals surface area contributed by atoms with E-state index in [1.165, 1.54) is 24.2 Å². The minimum Gasteiger partial charge on any atom is -0.384 e. The standard InChI is InChI=1S/C17H23N3/c1-2-12-20-16(18)15(19-17(20)14-9-10-14)11-8-13-6-4-3-5-7-13/h3-7,14H,2,8-12,18H2,1H3. The van der Waals surface area contributed by atoms with Gasteiger partial charge in [-0.2, -0.15) is 0 Å². The normalized spacial score (nSPS) is 14.7. The first-order valence-corrected chi connectivity index (χ1v) is 7.68. The van der Waals surface area contributed by atoms with E-state index in [1.54, 1.807) is 0 Å². The first kappa shape index (κ1) is 13.2. The lowest BCUT2D eigenvalue weighted by atomic mass is 10.1. The van der Waals surface area contributed by atoms with Crippen LogP contribution >= 0.6 is 0 Å². The van der Waals surface area contributed by atoms with Crippen LogP contribution in [0.2, 0.25) is 0 Å². The van der Waals surface area contributed by atoms with Gasteiger partial charge in [0.15, 0.2) is 0 Å². The van der Waals surface area contributed by atoms with Crippen LogP contribution in [0.1, 0.15) is 49.2 Å². The Hall–Kier alpha value is -1.77. The van der Waals surface area contributed by atoms with Gasteiger partial charge >= 0.3 is 0 Å². The maximum atomic E-state index is 6.32. The predicted octanol–water partition coefficient (Wildman–Crippen LogP) is 3.54. The van der Waals surface area contributed by atoms with Crippen molar-refractivity contribution in [1.29, 1.82) is 0 Å². The van der Waals surface area contributed by atoms with Crippen LogP contribution in [-0.4, -0.2) is 9.55 Å². The van der Waals surface area contributed by atoms with Gasteiger partial charge < -0.3 is 10.3 Å². The highest BCUT2D eigenvalue weighted by Crippen LogP contribution is 2.40. The van der Waals surface area contributed by atoms with Crippen LogP contribution in [0.15, 0.2) is 30.3 Å². The molecule has 0 saturated heterocycles. The first-order chi connectivity index (χ1) is 9.79. The Bertz CT molecular complexity index is 567. The van der Waals surface area contributed by atoms with Crippen molar-refractivity contribution < 1.29 is 0 Å². The maximum Gasteiger partial charge on any atom is 0.126 e. The van der Waals surface area contributed by atoms with Gasteiger partial charge in [-0.25, -0.2) is 4.98 Å². The van der Waals surface area contributed by atoms with Crippen molar-refractivity contribution in [2.24, 2.45) is 0 Å². The van der Waals surface area contributed by atoms with E-state index in [2.05, 4.69) is 41.8 Å². The second-order valence-electron chi connectivity index (χ2n) is 5.71. The topological polar surface area (TPSA) is 43.8 Å². The van der Waals surface area contributed by atoms with E-state index < -0.39 is 0 Å². The van der Waals surface area contributed by atoms with Crippen molar-refractivity contribution in [2.45, 2.75) is 51.5 Å². The lowest BCUT2D eigenvalue weighted by molar-refractivity contribution is 0.646.